The lowest BCUT2D eigenvalue weighted by Crippen LogP contribution is -2.51. The fourth-order valence-electron chi connectivity index (χ4n) is 5.26. The second-order valence-corrected chi connectivity index (χ2v) is 10.4. The van der Waals surface area contributed by atoms with Crippen LogP contribution in [0.5, 0.6) is 0 Å². The van der Waals surface area contributed by atoms with Gasteiger partial charge in [-0.2, -0.15) is 0 Å². The highest BCUT2D eigenvalue weighted by Crippen LogP contribution is 2.37. The Kier molecular flexibility index (Phi) is 7.30. The number of carbonyl (C=O) groups is 2. The Bertz CT molecular complexity index is 1150. The van der Waals surface area contributed by atoms with Crippen LogP contribution in [0.4, 0.5) is 0 Å². The molecule has 2 amide bonds. The molecule has 1 saturated heterocycles. The SMILES string of the molecule is CCc1ccc(C(=O)N2CCN(C(=O)CCN3CCc4sccc4[C@@H]3c3ccccc3)CC2)cc1. The lowest BCUT2D eigenvalue weighted by atomic mass is 9.93. The van der Waals surface area contributed by atoms with Gasteiger partial charge in [0.1, 0.15) is 0 Å². The number of rotatable bonds is 6. The number of hydrogen-bond acceptors (Lipinski definition) is 4. The van der Waals surface area contributed by atoms with E-state index in [1.165, 1.54) is 21.6 Å². The van der Waals surface area contributed by atoms with Crippen molar-refractivity contribution in [1.29, 1.82) is 0 Å². The lowest BCUT2D eigenvalue weighted by Gasteiger charge is -2.38. The van der Waals surface area contributed by atoms with E-state index >= 15 is 0 Å². The largest absolute Gasteiger partial charge is 0.339 e. The quantitative estimate of drug-likeness (QED) is 0.509. The summed E-state index contributed by atoms with van der Waals surface area (Å²) in [6.07, 6.45) is 2.52. The number of hydrogen-bond donors (Lipinski definition) is 0. The first-order chi connectivity index (χ1) is 17.1. The zero-order chi connectivity index (χ0) is 24.2. The van der Waals surface area contributed by atoms with Gasteiger partial charge in [0.05, 0.1) is 6.04 Å². The number of amides is 2. The molecule has 0 radical (unpaired) electrons. The van der Waals surface area contributed by atoms with Gasteiger partial charge in [0.25, 0.3) is 5.91 Å². The van der Waals surface area contributed by atoms with E-state index in [4.69, 9.17) is 0 Å². The third-order valence-corrected chi connectivity index (χ3v) is 8.32. The topological polar surface area (TPSA) is 43.9 Å². The average Bonchev–Trinajstić information content (AvgIpc) is 3.40. The molecule has 35 heavy (non-hydrogen) atoms. The highest BCUT2D eigenvalue weighted by molar-refractivity contribution is 7.10. The lowest BCUT2D eigenvalue weighted by molar-refractivity contribution is -0.133. The molecule has 2 aliphatic rings. The van der Waals surface area contributed by atoms with Crippen LogP contribution in [0.15, 0.2) is 66.0 Å². The maximum atomic E-state index is 13.1. The van der Waals surface area contributed by atoms with Crippen molar-refractivity contribution in [3.05, 3.63) is 93.2 Å². The molecule has 0 aliphatic carbocycles. The molecular formula is C29H33N3O2S. The first-order valence-electron chi connectivity index (χ1n) is 12.7. The average molecular weight is 488 g/mol. The molecular weight excluding hydrogens is 454 g/mol. The molecule has 0 unspecified atom stereocenters. The molecule has 3 aromatic rings. The van der Waals surface area contributed by atoms with E-state index < -0.39 is 0 Å². The van der Waals surface area contributed by atoms with Crippen molar-refractivity contribution >= 4 is 23.2 Å². The first kappa shape index (κ1) is 23.8. The van der Waals surface area contributed by atoms with E-state index in [2.05, 4.69) is 53.6 Å². The van der Waals surface area contributed by atoms with Crippen LogP contribution in [0.1, 0.15) is 51.3 Å². The highest BCUT2D eigenvalue weighted by Gasteiger charge is 2.31. The Morgan fingerprint density at radius 3 is 2.31 bits per heavy atom. The van der Waals surface area contributed by atoms with Gasteiger partial charge in [0.2, 0.25) is 5.91 Å². The van der Waals surface area contributed by atoms with Crippen molar-refractivity contribution in [3.8, 4) is 0 Å². The summed E-state index contributed by atoms with van der Waals surface area (Å²) in [5, 5.41) is 2.19. The first-order valence-corrected chi connectivity index (χ1v) is 13.5. The number of fused-ring (bicyclic) bond motifs is 1. The van der Waals surface area contributed by atoms with Crippen molar-refractivity contribution in [2.75, 3.05) is 39.3 Å². The van der Waals surface area contributed by atoms with E-state index in [1.807, 2.05) is 45.4 Å². The normalized spacial score (nSPS) is 18.4. The third kappa shape index (κ3) is 5.19. The second-order valence-electron chi connectivity index (χ2n) is 9.37. The van der Waals surface area contributed by atoms with Gasteiger partial charge in [-0.25, -0.2) is 0 Å². The molecule has 0 saturated carbocycles. The van der Waals surface area contributed by atoms with Crippen molar-refractivity contribution < 1.29 is 9.59 Å². The summed E-state index contributed by atoms with van der Waals surface area (Å²) in [5.74, 6) is 0.248. The zero-order valence-electron chi connectivity index (χ0n) is 20.4. The van der Waals surface area contributed by atoms with E-state index in [9.17, 15) is 9.59 Å². The fraction of sp³-hybridized carbons (Fsp3) is 0.379. The van der Waals surface area contributed by atoms with Crippen LogP contribution in [0, 0.1) is 0 Å². The van der Waals surface area contributed by atoms with Crippen LogP contribution in [0.3, 0.4) is 0 Å². The minimum atomic E-state index is 0.0605. The summed E-state index contributed by atoms with van der Waals surface area (Å²) >= 11 is 1.84. The van der Waals surface area contributed by atoms with Gasteiger partial charge in [0, 0.05) is 56.1 Å². The standard InChI is InChI=1S/C29H33N3O2S/c1-2-22-8-10-24(11-9-22)29(34)32-19-17-30(18-20-32)27(33)13-16-31-15-12-26-25(14-21-35-26)28(31)23-6-4-3-5-7-23/h3-11,14,21,28H,2,12-13,15-20H2,1H3/t28-/m0/s1. The number of piperazine rings is 1. The summed E-state index contributed by atoms with van der Waals surface area (Å²) in [4.78, 5) is 33.7. The molecule has 2 aliphatic heterocycles. The zero-order valence-corrected chi connectivity index (χ0v) is 21.2. The molecule has 0 spiro atoms. The van der Waals surface area contributed by atoms with Crippen LogP contribution < -0.4 is 0 Å². The summed E-state index contributed by atoms with van der Waals surface area (Å²) in [7, 11) is 0. The predicted octanol–water partition coefficient (Wildman–Crippen LogP) is 4.63. The monoisotopic (exact) mass is 487 g/mol. The summed E-state index contributed by atoms with van der Waals surface area (Å²) < 4.78 is 0. The maximum absolute atomic E-state index is 13.1. The summed E-state index contributed by atoms with van der Waals surface area (Å²) in [5.41, 5.74) is 4.64. The van der Waals surface area contributed by atoms with E-state index in [0.717, 1.165) is 31.5 Å². The van der Waals surface area contributed by atoms with Crippen LogP contribution in [0.25, 0.3) is 0 Å². The number of nitrogens with zero attached hydrogens (tertiary/aromatic N) is 3. The number of thiophene rings is 1. The molecule has 182 valence electrons. The number of benzene rings is 2. The van der Waals surface area contributed by atoms with Crippen molar-refractivity contribution in [2.45, 2.75) is 32.2 Å². The van der Waals surface area contributed by atoms with Gasteiger partial charge in [-0.05, 0) is 53.1 Å². The third-order valence-electron chi connectivity index (χ3n) is 7.32. The van der Waals surface area contributed by atoms with Gasteiger partial charge in [0.15, 0.2) is 0 Å². The highest BCUT2D eigenvalue weighted by atomic mass is 32.1. The van der Waals surface area contributed by atoms with Gasteiger partial charge in [-0.15, -0.1) is 11.3 Å². The Labute approximate surface area is 212 Å². The Hall–Kier alpha value is -2.96. The molecule has 5 nitrogen and oxygen atoms in total. The molecule has 1 fully saturated rings. The fourth-order valence-corrected chi connectivity index (χ4v) is 6.16. The van der Waals surface area contributed by atoms with E-state index in [1.54, 1.807) is 0 Å². The van der Waals surface area contributed by atoms with Crippen LogP contribution >= 0.6 is 11.3 Å². The molecule has 1 atom stereocenters. The Balaban J connectivity index is 1.17. The minimum absolute atomic E-state index is 0.0605. The van der Waals surface area contributed by atoms with Crippen LogP contribution in [-0.4, -0.2) is 65.8 Å². The number of carbonyl (C=O) groups excluding carboxylic acids is 2. The van der Waals surface area contributed by atoms with Crippen LogP contribution in [0.2, 0.25) is 0 Å². The molecule has 5 rings (SSSR count). The van der Waals surface area contributed by atoms with Gasteiger partial charge in [-0.1, -0.05) is 49.4 Å². The Morgan fingerprint density at radius 1 is 0.886 bits per heavy atom. The van der Waals surface area contributed by atoms with Gasteiger partial charge < -0.3 is 9.80 Å². The minimum Gasteiger partial charge on any atom is -0.339 e. The predicted molar refractivity (Wildman–Crippen MR) is 141 cm³/mol. The van der Waals surface area contributed by atoms with Gasteiger partial charge in [-0.3, -0.25) is 14.5 Å². The van der Waals surface area contributed by atoms with Gasteiger partial charge >= 0.3 is 0 Å². The maximum Gasteiger partial charge on any atom is 0.253 e. The van der Waals surface area contributed by atoms with Crippen molar-refractivity contribution in [1.82, 2.24) is 14.7 Å². The number of aryl methyl sites for hydroxylation is 1. The summed E-state index contributed by atoms with van der Waals surface area (Å²) in [6, 6.07) is 21.0. The van der Waals surface area contributed by atoms with Crippen molar-refractivity contribution in [3.63, 3.8) is 0 Å². The molecule has 3 heterocycles. The smallest absolute Gasteiger partial charge is 0.253 e. The second kappa shape index (κ2) is 10.8. The molecule has 0 bridgehead atoms. The summed E-state index contributed by atoms with van der Waals surface area (Å²) in [6.45, 7) is 6.22. The van der Waals surface area contributed by atoms with Crippen molar-refractivity contribution in [2.24, 2.45) is 0 Å². The van der Waals surface area contributed by atoms with E-state index in [0.29, 0.717) is 32.6 Å². The molecule has 1 aromatic heterocycles. The molecule has 6 heteroatoms. The Morgan fingerprint density at radius 2 is 1.60 bits per heavy atom. The molecule has 0 N–H and O–H groups in total. The molecule has 2 aromatic carbocycles. The van der Waals surface area contributed by atoms with E-state index in [-0.39, 0.29) is 17.9 Å². The van der Waals surface area contributed by atoms with Crippen LogP contribution in [-0.2, 0) is 17.6 Å².